The highest BCUT2D eigenvalue weighted by Gasteiger charge is 2.63. The van der Waals surface area contributed by atoms with Crippen molar-refractivity contribution in [3.05, 3.63) is 23.3 Å². The maximum Gasteiger partial charge on any atom is 0.303 e. The molecule has 6 atom stereocenters. The second-order valence-electron chi connectivity index (χ2n) is 10.2. The van der Waals surface area contributed by atoms with Crippen molar-refractivity contribution in [2.75, 3.05) is 0 Å². The van der Waals surface area contributed by atoms with Gasteiger partial charge in [-0.25, -0.2) is 0 Å². The van der Waals surface area contributed by atoms with Gasteiger partial charge in [0.05, 0.1) is 5.60 Å². The lowest BCUT2D eigenvalue weighted by atomic mass is 9.47. The first-order chi connectivity index (χ1) is 13.1. The van der Waals surface area contributed by atoms with E-state index in [0.717, 1.165) is 32.1 Å². The number of hydrogen-bond donors (Lipinski definition) is 2. The molecule has 0 unspecified atom stereocenters. The largest absolute Gasteiger partial charge is 0.481 e. The standard InChI is InChI=1S/C24H34O4/c1-4-15-13-17-18(22(2)9-5-16(25)14-20(15)22)6-10-23(3)19(17)7-11-24(23,28)12-8-21(26)27/h13-14,17-19,28H,4-12H2,1-3H3,(H,26,27)/t17-,18+,19+,22-,23+,24-/m1/s1. The first-order valence-corrected chi connectivity index (χ1v) is 11.0. The van der Waals surface area contributed by atoms with Crippen LogP contribution >= 0.6 is 0 Å². The predicted molar refractivity (Wildman–Crippen MR) is 108 cm³/mol. The van der Waals surface area contributed by atoms with Crippen LogP contribution in [0.2, 0.25) is 0 Å². The van der Waals surface area contributed by atoms with E-state index in [9.17, 15) is 14.7 Å². The number of fused-ring (bicyclic) bond motifs is 5. The molecular formula is C24H34O4. The van der Waals surface area contributed by atoms with E-state index < -0.39 is 11.6 Å². The number of aliphatic carboxylic acids is 1. The van der Waals surface area contributed by atoms with Crippen LogP contribution in [0.3, 0.4) is 0 Å². The molecule has 2 fully saturated rings. The summed E-state index contributed by atoms with van der Waals surface area (Å²) >= 11 is 0. The van der Waals surface area contributed by atoms with Crippen molar-refractivity contribution in [2.45, 2.75) is 84.2 Å². The Kier molecular flexibility index (Phi) is 4.65. The monoisotopic (exact) mass is 386 g/mol. The van der Waals surface area contributed by atoms with E-state index in [2.05, 4.69) is 26.8 Å². The fourth-order valence-electron chi connectivity index (χ4n) is 7.40. The van der Waals surface area contributed by atoms with E-state index in [1.807, 2.05) is 6.08 Å². The van der Waals surface area contributed by atoms with E-state index >= 15 is 0 Å². The van der Waals surface area contributed by atoms with Crippen LogP contribution in [0.4, 0.5) is 0 Å². The van der Waals surface area contributed by atoms with Gasteiger partial charge < -0.3 is 10.2 Å². The number of aliphatic hydroxyl groups is 1. The van der Waals surface area contributed by atoms with E-state index in [1.165, 1.54) is 11.1 Å². The zero-order valence-corrected chi connectivity index (χ0v) is 17.5. The molecule has 4 aliphatic carbocycles. The van der Waals surface area contributed by atoms with Gasteiger partial charge in [-0.3, -0.25) is 9.59 Å². The molecule has 4 aliphatic rings. The van der Waals surface area contributed by atoms with Crippen molar-refractivity contribution in [2.24, 2.45) is 28.6 Å². The molecule has 0 aromatic rings. The lowest BCUT2D eigenvalue weighted by molar-refractivity contribution is -0.144. The SMILES string of the molecule is CCC1=C[C@@H]2[C@H](CC[C@@]3(C)[C@H]2CC[C@@]3(O)CCC(=O)O)[C@@]2(C)CCC(=O)C=C12. The third-order valence-electron chi connectivity index (χ3n) is 9.16. The quantitative estimate of drug-likeness (QED) is 0.736. The fraction of sp³-hybridized carbons (Fsp3) is 0.750. The minimum atomic E-state index is -0.874. The summed E-state index contributed by atoms with van der Waals surface area (Å²) in [6.07, 6.45) is 10.9. The van der Waals surface area contributed by atoms with Gasteiger partial charge in [-0.2, -0.15) is 0 Å². The van der Waals surface area contributed by atoms with Gasteiger partial charge >= 0.3 is 5.97 Å². The summed E-state index contributed by atoms with van der Waals surface area (Å²) in [4.78, 5) is 23.3. The summed E-state index contributed by atoms with van der Waals surface area (Å²) in [6.45, 7) is 6.74. The van der Waals surface area contributed by atoms with Crippen LogP contribution in [0.25, 0.3) is 0 Å². The number of rotatable bonds is 4. The van der Waals surface area contributed by atoms with Crippen LogP contribution in [0.1, 0.15) is 78.6 Å². The van der Waals surface area contributed by atoms with Crippen molar-refractivity contribution < 1.29 is 19.8 Å². The molecule has 4 rings (SSSR count). The molecule has 0 radical (unpaired) electrons. The van der Waals surface area contributed by atoms with Crippen LogP contribution in [0.5, 0.6) is 0 Å². The Bertz CT molecular complexity index is 765. The number of carboxylic acids is 1. The molecule has 0 aromatic carbocycles. The molecule has 0 aromatic heterocycles. The molecular weight excluding hydrogens is 352 g/mol. The van der Waals surface area contributed by atoms with Gasteiger partial charge in [0.15, 0.2) is 5.78 Å². The molecule has 2 saturated carbocycles. The minimum Gasteiger partial charge on any atom is -0.481 e. The van der Waals surface area contributed by atoms with Gasteiger partial charge in [0, 0.05) is 12.8 Å². The van der Waals surface area contributed by atoms with E-state index in [1.54, 1.807) is 0 Å². The molecule has 0 bridgehead atoms. The normalized spacial score (nSPS) is 44.9. The molecule has 28 heavy (non-hydrogen) atoms. The smallest absolute Gasteiger partial charge is 0.303 e. The maximum atomic E-state index is 12.1. The molecule has 4 heteroatoms. The number of carbonyl (C=O) groups is 2. The molecule has 0 heterocycles. The Morgan fingerprint density at radius 1 is 1.18 bits per heavy atom. The van der Waals surface area contributed by atoms with Gasteiger partial charge in [0.2, 0.25) is 0 Å². The zero-order chi connectivity index (χ0) is 20.3. The van der Waals surface area contributed by atoms with Crippen LogP contribution < -0.4 is 0 Å². The second kappa shape index (κ2) is 6.55. The van der Waals surface area contributed by atoms with Crippen LogP contribution in [0, 0.1) is 28.6 Å². The lowest BCUT2D eigenvalue weighted by Gasteiger charge is -2.58. The summed E-state index contributed by atoms with van der Waals surface area (Å²) in [6, 6.07) is 0. The minimum absolute atomic E-state index is 0.0374. The van der Waals surface area contributed by atoms with Crippen LogP contribution in [0.15, 0.2) is 23.3 Å². The third-order valence-corrected chi connectivity index (χ3v) is 9.16. The first-order valence-electron chi connectivity index (χ1n) is 11.0. The van der Waals surface area contributed by atoms with Gasteiger partial charge in [0.1, 0.15) is 0 Å². The number of carbonyl (C=O) groups excluding carboxylic acids is 1. The Balaban J connectivity index is 1.72. The molecule has 0 amide bonds. The molecule has 2 N–H and O–H groups in total. The van der Waals surface area contributed by atoms with Crippen LogP contribution in [-0.2, 0) is 9.59 Å². The zero-order valence-electron chi connectivity index (χ0n) is 17.5. The first kappa shape index (κ1) is 19.9. The van der Waals surface area contributed by atoms with Crippen molar-refractivity contribution in [3.8, 4) is 0 Å². The Hall–Kier alpha value is -1.42. The number of allylic oxidation sites excluding steroid dienone is 4. The number of ketones is 1. The summed E-state index contributed by atoms with van der Waals surface area (Å²) in [5.74, 6) is 0.761. The maximum absolute atomic E-state index is 12.1. The number of hydrogen-bond acceptors (Lipinski definition) is 3. The van der Waals surface area contributed by atoms with E-state index in [4.69, 9.17) is 5.11 Å². The Morgan fingerprint density at radius 3 is 2.57 bits per heavy atom. The lowest BCUT2D eigenvalue weighted by Crippen LogP contribution is -2.54. The third kappa shape index (κ3) is 2.67. The van der Waals surface area contributed by atoms with Gasteiger partial charge in [-0.05, 0) is 90.8 Å². The van der Waals surface area contributed by atoms with Crippen molar-refractivity contribution >= 4 is 11.8 Å². The van der Waals surface area contributed by atoms with Crippen LogP contribution in [-0.4, -0.2) is 27.6 Å². The van der Waals surface area contributed by atoms with Gasteiger partial charge in [0.25, 0.3) is 0 Å². The summed E-state index contributed by atoms with van der Waals surface area (Å²) in [5.41, 5.74) is 1.56. The van der Waals surface area contributed by atoms with E-state index in [0.29, 0.717) is 37.0 Å². The fourth-order valence-corrected chi connectivity index (χ4v) is 7.40. The predicted octanol–water partition coefficient (Wildman–Crippen LogP) is 4.67. The molecule has 4 nitrogen and oxygen atoms in total. The highest BCUT2D eigenvalue weighted by Crippen LogP contribution is 2.67. The van der Waals surface area contributed by atoms with E-state index in [-0.39, 0.29) is 23.0 Å². The summed E-state index contributed by atoms with van der Waals surface area (Å²) in [7, 11) is 0. The van der Waals surface area contributed by atoms with Gasteiger partial charge in [-0.15, -0.1) is 0 Å². The molecule has 0 aliphatic heterocycles. The molecule has 0 saturated heterocycles. The van der Waals surface area contributed by atoms with Crippen molar-refractivity contribution in [1.29, 1.82) is 0 Å². The summed E-state index contributed by atoms with van der Waals surface area (Å²) < 4.78 is 0. The average molecular weight is 387 g/mol. The molecule has 154 valence electrons. The van der Waals surface area contributed by atoms with Crippen molar-refractivity contribution in [1.82, 2.24) is 0 Å². The van der Waals surface area contributed by atoms with Gasteiger partial charge in [-0.1, -0.05) is 26.8 Å². The molecule has 0 spiro atoms. The second-order valence-corrected chi connectivity index (χ2v) is 10.2. The highest BCUT2D eigenvalue weighted by atomic mass is 16.4. The summed E-state index contributed by atoms with van der Waals surface area (Å²) in [5, 5.41) is 20.7. The topological polar surface area (TPSA) is 74.6 Å². The Morgan fingerprint density at radius 2 is 1.89 bits per heavy atom. The highest BCUT2D eigenvalue weighted by molar-refractivity contribution is 5.92. The Labute approximate surface area is 168 Å². The average Bonchev–Trinajstić information content (AvgIpc) is 2.92. The van der Waals surface area contributed by atoms with Crippen molar-refractivity contribution in [3.63, 3.8) is 0 Å². The number of carboxylic acid groups (broad SMARTS) is 1.